The van der Waals surface area contributed by atoms with Crippen LogP contribution in [0, 0.1) is 0 Å². The number of urea groups is 1. The second-order valence-corrected chi connectivity index (χ2v) is 5.86. The van der Waals surface area contributed by atoms with Gasteiger partial charge < -0.3 is 10.1 Å². The quantitative estimate of drug-likeness (QED) is 0.779. The molecule has 0 spiro atoms. The number of morpholine rings is 1. The number of nitrogens with one attached hydrogen (secondary N) is 2. The molecular formula is C16H21N3O3. The number of hydrogen-bond donors (Lipinski definition) is 2. The molecule has 2 aliphatic rings. The molecule has 0 bridgehead atoms. The molecule has 2 fully saturated rings. The number of nitrogens with zero attached hydrogens (tertiary/aromatic N) is 1. The van der Waals surface area contributed by atoms with Crippen molar-refractivity contribution in [3.63, 3.8) is 0 Å². The summed E-state index contributed by atoms with van der Waals surface area (Å²) in [6.45, 7) is 3.45. The van der Waals surface area contributed by atoms with E-state index in [1.54, 1.807) is 0 Å². The van der Waals surface area contributed by atoms with Crippen molar-refractivity contribution in [3.8, 4) is 0 Å². The molecule has 0 aliphatic carbocycles. The predicted octanol–water partition coefficient (Wildman–Crippen LogP) is 0.530. The minimum absolute atomic E-state index is 0.222. The van der Waals surface area contributed by atoms with Gasteiger partial charge in [0.2, 0.25) is 0 Å². The first kappa shape index (κ1) is 15.0. The van der Waals surface area contributed by atoms with Crippen molar-refractivity contribution in [2.45, 2.75) is 18.4 Å². The second kappa shape index (κ2) is 6.46. The summed E-state index contributed by atoms with van der Waals surface area (Å²) in [5.74, 6) is -0.222. The van der Waals surface area contributed by atoms with Gasteiger partial charge in [0.15, 0.2) is 0 Å². The SMILES string of the molecule is O=C1NC(=O)C(CCc2ccccc2)(CN2CCOCC2)N1. The lowest BCUT2D eigenvalue weighted by Gasteiger charge is -2.35. The summed E-state index contributed by atoms with van der Waals surface area (Å²) in [7, 11) is 0. The van der Waals surface area contributed by atoms with Gasteiger partial charge in [-0.05, 0) is 18.4 Å². The van der Waals surface area contributed by atoms with Crippen molar-refractivity contribution in [3.05, 3.63) is 35.9 Å². The summed E-state index contributed by atoms with van der Waals surface area (Å²) < 4.78 is 5.34. The van der Waals surface area contributed by atoms with Crippen LogP contribution in [0.15, 0.2) is 30.3 Å². The smallest absolute Gasteiger partial charge is 0.322 e. The Bertz CT molecular complexity index is 543. The molecule has 0 radical (unpaired) electrons. The van der Waals surface area contributed by atoms with Crippen molar-refractivity contribution < 1.29 is 14.3 Å². The first-order chi connectivity index (χ1) is 10.7. The number of hydrogen-bond acceptors (Lipinski definition) is 4. The van der Waals surface area contributed by atoms with Crippen LogP contribution in [0.4, 0.5) is 4.79 Å². The van der Waals surface area contributed by atoms with Crippen LogP contribution in [0.3, 0.4) is 0 Å². The molecule has 2 heterocycles. The third kappa shape index (κ3) is 3.28. The summed E-state index contributed by atoms with van der Waals surface area (Å²) in [5, 5.41) is 5.24. The molecule has 22 heavy (non-hydrogen) atoms. The molecule has 118 valence electrons. The lowest BCUT2D eigenvalue weighted by Crippen LogP contribution is -2.57. The van der Waals surface area contributed by atoms with E-state index in [0.29, 0.717) is 26.2 Å². The number of rotatable bonds is 5. The summed E-state index contributed by atoms with van der Waals surface area (Å²) >= 11 is 0. The standard InChI is InChI=1S/C16H21N3O3/c20-14-16(18-15(21)17-14,12-19-8-10-22-11-9-19)7-6-13-4-2-1-3-5-13/h1-5H,6-12H2,(H2,17,18,20,21). The van der Waals surface area contributed by atoms with Crippen LogP contribution in [-0.4, -0.2) is 55.2 Å². The highest BCUT2D eigenvalue weighted by Gasteiger charge is 2.46. The topological polar surface area (TPSA) is 70.7 Å². The van der Waals surface area contributed by atoms with Gasteiger partial charge in [-0.1, -0.05) is 30.3 Å². The Labute approximate surface area is 129 Å². The van der Waals surface area contributed by atoms with E-state index in [1.165, 1.54) is 0 Å². The third-order valence-electron chi connectivity index (χ3n) is 4.30. The fraction of sp³-hybridized carbons (Fsp3) is 0.500. The van der Waals surface area contributed by atoms with Gasteiger partial charge in [-0.2, -0.15) is 0 Å². The van der Waals surface area contributed by atoms with Gasteiger partial charge in [0, 0.05) is 19.6 Å². The summed E-state index contributed by atoms with van der Waals surface area (Å²) in [5.41, 5.74) is 0.322. The number of imide groups is 1. The number of carbonyl (C=O) groups is 2. The van der Waals surface area contributed by atoms with Crippen molar-refractivity contribution in [2.24, 2.45) is 0 Å². The molecule has 2 saturated heterocycles. The van der Waals surface area contributed by atoms with Gasteiger partial charge in [0.1, 0.15) is 5.54 Å². The highest BCUT2D eigenvalue weighted by molar-refractivity contribution is 6.07. The number of aryl methyl sites for hydroxylation is 1. The largest absolute Gasteiger partial charge is 0.379 e. The fourth-order valence-electron chi connectivity index (χ4n) is 3.04. The molecule has 1 aromatic rings. The van der Waals surface area contributed by atoms with Crippen LogP contribution in [0.1, 0.15) is 12.0 Å². The maximum Gasteiger partial charge on any atom is 0.322 e. The highest BCUT2D eigenvalue weighted by Crippen LogP contribution is 2.21. The number of carbonyl (C=O) groups excluding carboxylic acids is 2. The first-order valence-corrected chi connectivity index (χ1v) is 7.66. The zero-order chi connectivity index (χ0) is 15.4. The Morgan fingerprint density at radius 1 is 1.14 bits per heavy atom. The van der Waals surface area contributed by atoms with Crippen LogP contribution in [0.2, 0.25) is 0 Å². The van der Waals surface area contributed by atoms with Gasteiger partial charge in [-0.3, -0.25) is 15.0 Å². The van der Waals surface area contributed by atoms with Crippen LogP contribution in [0.5, 0.6) is 0 Å². The number of benzene rings is 1. The molecule has 1 atom stereocenters. The molecule has 2 N–H and O–H groups in total. The van der Waals surface area contributed by atoms with Crippen molar-refractivity contribution in [1.82, 2.24) is 15.5 Å². The minimum Gasteiger partial charge on any atom is -0.379 e. The zero-order valence-electron chi connectivity index (χ0n) is 12.5. The van der Waals surface area contributed by atoms with Crippen LogP contribution >= 0.6 is 0 Å². The van der Waals surface area contributed by atoms with Crippen molar-refractivity contribution in [1.29, 1.82) is 0 Å². The molecule has 0 aromatic heterocycles. The Kier molecular flexibility index (Phi) is 4.40. The van der Waals surface area contributed by atoms with E-state index in [9.17, 15) is 9.59 Å². The molecule has 2 aliphatic heterocycles. The number of amides is 3. The van der Waals surface area contributed by atoms with E-state index < -0.39 is 11.6 Å². The van der Waals surface area contributed by atoms with E-state index in [0.717, 1.165) is 25.1 Å². The summed E-state index contributed by atoms with van der Waals surface area (Å²) in [6, 6.07) is 9.62. The Balaban J connectivity index is 1.71. The monoisotopic (exact) mass is 303 g/mol. The van der Waals surface area contributed by atoms with Gasteiger partial charge >= 0.3 is 6.03 Å². The molecule has 1 aromatic carbocycles. The molecule has 6 heteroatoms. The lowest BCUT2D eigenvalue weighted by atomic mass is 9.90. The Hall–Kier alpha value is -1.92. The van der Waals surface area contributed by atoms with E-state index in [1.807, 2.05) is 30.3 Å². The van der Waals surface area contributed by atoms with Gasteiger partial charge in [0.05, 0.1) is 13.2 Å². The molecule has 3 amide bonds. The average molecular weight is 303 g/mol. The van der Waals surface area contributed by atoms with Gasteiger partial charge in [0.25, 0.3) is 5.91 Å². The predicted molar refractivity (Wildman–Crippen MR) is 81.4 cm³/mol. The molecule has 1 unspecified atom stereocenters. The van der Waals surface area contributed by atoms with E-state index in [2.05, 4.69) is 15.5 Å². The molecule has 6 nitrogen and oxygen atoms in total. The average Bonchev–Trinajstić information content (AvgIpc) is 2.81. The first-order valence-electron chi connectivity index (χ1n) is 7.66. The third-order valence-corrected chi connectivity index (χ3v) is 4.30. The Morgan fingerprint density at radius 3 is 2.50 bits per heavy atom. The normalized spacial score (nSPS) is 25.8. The minimum atomic E-state index is -0.843. The maximum atomic E-state index is 12.3. The zero-order valence-corrected chi connectivity index (χ0v) is 12.5. The lowest BCUT2D eigenvalue weighted by molar-refractivity contribution is -0.125. The molecule has 0 saturated carbocycles. The fourth-order valence-corrected chi connectivity index (χ4v) is 3.04. The van der Waals surface area contributed by atoms with Gasteiger partial charge in [-0.15, -0.1) is 0 Å². The van der Waals surface area contributed by atoms with Crippen LogP contribution < -0.4 is 10.6 Å². The van der Waals surface area contributed by atoms with E-state index in [-0.39, 0.29) is 5.91 Å². The molecule has 3 rings (SSSR count). The highest BCUT2D eigenvalue weighted by atomic mass is 16.5. The van der Waals surface area contributed by atoms with Crippen LogP contribution in [-0.2, 0) is 16.0 Å². The maximum absolute atomic E-state index is 12.3. The van der Waals surface area contributed by atoms with Crippen LogP contribution in [0.25, 0.3) is 0 Å². The number of ether oxygens (including phenoxy) is 1. The van der Waals surface area contributed by atoms with Gasteiger partial charge in [-0.25, -0.2) is 4.79 Å². The summed E-state index contributed by atoms with van der Waals surface area (Å²) in [6.07, 6.45) is 1.34. The Morgan fingerprint density at radius 2 is 1.86 bits per heavy atom. The molecular weight excluding hydrogens is 282 g/mol. The van der Waals surface area contributed by atoms with Crippen molar-refractivity contribution >= 4 is 11.9 Å². The van der Waals surface area contributed by atoms with Crippen molar-refractivity contribution in [2.75, 3.05) is 32.8 Å². The second-order valence-electron chi connectivity index (χ2n) is 5.86. The summed E-state index contributed by atoms with van der Waals surface area (Å²) in [4.78, 5) is 26.2. The van der Waals surface area contributed by atoms with E-state index >= 15 is 0 Å². The van der Waals surface area contributed by atoms with E-state index in [4.69, 9.17) is 4.74 Å².